The summed E-state index contributed by atoms with van der Waals surface area (Å²) in [5, 5.41) is 13.8. The number of nitrogens with two attached hydrogens (primary N) is 1. The van der Waals surface area contributed by atoms with Gasteiger partial charge in [-0.3, -0.25) is 0 Å². The van der Waals surface area contributed by atoms with Crippen molar-refractivity contribution in [2.45, 2.75) is 6.42 Å². The summed E-state index contributed by atoms with van der Waals surface area (Å²) in [6.07, 6.45) is 0.617. The Kier molecular flexibility index (Phi) is 3.56. The molecule has 0 unspecified atom stereocenters. The molecule has 0 atom stereocenters. The Bertz CT molecular complexity index is 769. The van der Waals surface area contributed by atoms with Gasteiger partial charge >= 0.3 is 0 Å². The summed E-state index contributed by atoms with van der Waals surface area (Å²) in [6, 6.07) is 9.01. The maximum absolute atomic E-state index is 6.21. The Labute approximate surface area is 125 Å². The van der Waals surface area contributed by atoms with Gasteiger partial charge in [0.15, 0.2) is 11.5 Å². The van der Waals surface area contributed by atoms with E-state index in [-0.39, 0.29) is 0 Å². The van der Waals surface area contributed by atoms with Crippen LogP contribution in [0.25, 0.3) is 16.9 Å². The van der Waals surface area contributed by atoms with E-state index in [4.69, 9.17) is 28.9 Å². The summed E-state index contributed by atoms with van der Waals surface area (Å²) in [7, 11) is 0. The lowest BCUT2D eigenvalue weighted by atomic mass is 10.1. The van der Waals surface area contributed by atoms with Gasteiger partial charge in [0.2, 0.25) is 0 Å². The molecule has 2 N–H and O–H groups in total. The Hall–Kier alpha value is -1.69. The zero-order chi connectivity index (χ0) is 14.1. The van der Waals surface area contributed by atoms with Crippen molar-refractivity contribution in [3.05, 3.63) is 46.2 Å². The lowest BCUT2D eigenvalue weighted by Gasteiger charge is -2.05. The molecule has 0 aliphatic heterocycles. The Balaban J connectivity index is 2.14. The predicted molar refractivity (Wildman–Crippen MR) is 79.0 cm³/mol. The van der Waals surface area contributed by atoms with Crippen molar-refractivity contribution in [2.75, 3.05) is 6.54 Å². The SMILES string of the molecule is NCCc1nnc2ccc(-c3ccc(Cl)cc3Cl)nn12. The summed E-state index contributed by atoms with van der Waals surface area (Å²) >= 11 is 12.1. The van der Waals surface area contributed by atoms with Gasteiger partial charge in [-0.05, 0) is 36.9 Å². The highest BCUT2D eigenvalue weighted by atomic mass is 35.5. The molecule has 2 heterocycles. The van der Waals surface area contributed by atoms with Gasteiger partial charge in [0.05, 0.1) is 10.7 Å². The standard InChI is InChI=1S/C13H11Cl2N5/c14-8-1-2-9(10(15)7-8)11-3-4-12-17-18-13(5-6-16)20(12)19-11/h1-4,7H,5-6,16H2. The molecule has 0 spiro atoms. The van der Waals surface area contributed by atoms with Crippen molar-refractivity contribution >= 4 is 28.8 Å². The van der Waals surface area contributed by atoms with E-state index in [0.29, 0.717) is 28.7 Å². The number of benzene rings is 1. The molecule has 1 aromatic carbocycles. The molecule has 0 radical (unpaired) electrons. The van der Waals surface area contributed by atoms with Crippen LogP contribution in [0.3, 0.4) is 0 Å². The largest absolute Gasteiger partial charge is 0.330 e. The molecule has 0 fully saturated rings. The van der Waals surface area contributed by atoms with E-state index >= 15 is 0 Å². The van der Waals surface area contributed by atoms with Crippen LogP contribution in [0.15, 0.2) is 30.3 Å². The van der Waals surface area contributed by atoms with Crippen molar-refractivity contribution in [2.24, 2.45) is 5.73 Å². The molecular weight excluding hydrogens is 297 g/mol. The molecule has 5 nitrogen and oxygen atoms in total. The first-order chi connectivity index (χ1) is 9.69. The number of fused-ring (bicyclic) bond motifs is 1. The number of halogens is 2. The van der Waals surface area contributed by atoms with Crippen LogP contribution in [0.4, 0.5) is 0 Å². The summed E-state index contributed by atoms with van der Waals surface area (Å²) in [6.45, 7) is 0.494. The second kappa shape index (κ2) is 5.36. The Morgan fingerprint density at radius 1 is 1.10 bits per heavy atom. The summed E-state index contributed by atoms with van der Waals surface area (Å²) < 4.78 is 1.69. The highest BCUT2D eigenvalue weighted by Crippen LogP contribution is 2.29. The monoisotopic (exact) mass is 307 g/mol. The molecule has 20 heavy (non-hydrogen) atoms. The quantitative estimate of drug-likeness (QED) is 0.807. The molecule has 3 aromatic rings. The van der Waals surface area contributed by atoms with Crippen LogP contribution in [-0.4, -0.2) is 26.4 Å². The molecule has 0 saturated heterocycles. The van der Waals surface area contributed by atoms with Crippen LogP contribution < -0.4 is 5.73 Å². The molecule has 0 amide bonds. The van der Waals surface area contributed by atoms with Crippen molar-refractivity contribution in [3.63, 3.8) is 0 Å². The summed E-state index contributed by atoms with van der Waals surface area (Å²) in [5.41, 5.74) is 7.78. The number of aromatic nitrogens is 4. The Morgan fingerprint density at radius 2 is 1.95 bits per heavy atom. The topological polar surface area (TPSA) is 69.1 Å². The first-order valence-electron chi connectivity index (χ1n) is 6.06. The van der Waals surface area contributed by atoms with Crippen LogP contribution in [0.2, 0.25) is 10.0 Å². The molecular formula is C13H11Cl2N5. The van der Waals surface area contributed by atoms with E-state index in [1.165, 1.54) is 0 Å². The molecule has 0 aliphatic rings. The highest BCUT2D eigenvalue weighted by Gasteiger charge is 2.10. The minimum Gasteiger partial charge on any atom is -0.330 e. The van der Waals surface area contributed by atoms with Gasteiger partial charge in [0.1, 0.15) is 0 Å². The second-order valence-corrected chi connectivity index (χ2v) is 5.11. The van der Waals surface area contributed by atoms with Crippen LogP contribution in [-0.2, 0) is 6.42 Å². The average molecular weight is 308 g/mol. The van der Waals surface area contributed by atoms with Crippen molar-refractivity contribution in [3.8, 4) is 11.3 Å². The van der Waals surface area contributed by atoms with Gasteiger partial charge in [-0.2, -0.15) is 9.61 Å². The van der Waals surface area contributed by atoms with Crippen molar-refractivity contribution < 1.29 is 0 Å². The van der Waals surface area contributed by atoms with E-state index in [1.54, 1.807) is 16.6 Å². The maximum Gasteiger partial charge on any atom is 0.177 e. The van der Waals surface area contributed by atoms with Crippen LogP contribution >= 0.6 is 23.2 Å². The third-order valence-electron chi connectivity index (χ3n) is 2.90. The zero-order valence-corrected chi connectivity index (χ0v) is 11.9. The highest BCUT2D eigenvalue weighted by molar-refractivity contribution is 6.36. The van der Waals surface area contributed by atoms with Crippen LogP contribution in [0, 0.1) is 0 Å². The van der Waals surface area contributed by atoms with Gasteiger partial charge in [0, 0.05) is 17.0 Å². The minimum absolute atomic E-state index is 0.494. The number of hydrogen-bond donors (Lipinski definition) is 1. The normalized spacial score (nSPS) is 11.2. The minimum atomic E-state index is 0.494. The molecule has 0 aliphatic carbocycles. The molecule has 0 saturated carbocycles. The van der Waals surface area contributed by atoms with Gasteiger partial charge in [-0.25, -0.2) is 0 Å². The summed E-state index contributed by atoms with van der Waals surface area (Å²) in [4.78, 5) is 0. The molecule has 0 bridgehead atoms. The van der Waals surface area contributed by atoms with Crippen molar-refractivity contribution in [1.82, 2.24) is 19.8 Å². The average Bonchev–Trinajstić information content (AvgIpc) is 2.82. The van der Waals surface area contributed by atoms with E-state index in [2.05, 4.69) is 15.3 Å². The fraction of sp³-hybridized carbons (Fsp3) is 0.154. The third kappa shape index (κ3) is 2.35. The smallest absolute Gasteiger partial charge is 0.177 e. The molecule has 7 heteroatoms. The van der Waals surface area contributed by atoms with Crippen molar-refractivity contribution in [1.29, 1.82) is 0 Å². The molecule has 102 valence electrons. The van der Waals surface area contributed by atoms with Crippen LogP contribution in [0.5, 0.6) is 0 Å². The van der Waals surface area contributed by atoms with Crippen LogP contribution in [0.1, 0.15) is 5.82 Å². The number of nitrogens with zero attached hydrogens (tertiary/aromatic N) is 4. The maximum atomic E-state index is 6.21. The predicted octanol–water partition coefficient (Wildman–Crippen LogP) is 2.60. The second-order valence-electron chi connectivity index (χ2n) is 4.27. The molecule has 2 aromatic heterocycles. The number of hydrogen-bond acceptors (Lipinski definition) is 4. The van der Waals surface area contributed by atoms with Gasteiger partial charge in [-0.1, -0.05) is 23.2 Å². The lowest BCUT2D eigenvalue weighted by molar-refractivity contribution is 0.793. The third-order valence-corrected chi connectivity index (χ3v) is 3.45. The van der Waals surface area contributed by atoms with E-state index < -0.39 is 0 Å². The lowest BCUT2D eigenvalue weighted by Crippen LogP contribution is -2.08. The first-order valence-corrected chi connectivity index (χ1v) is 6.81. The van der Waals surface area contributed by atoms with E-state index in [1.807, 2.05) is 18.2 Å². The van der Waals surface area contributed by atoms with Gasteiger partial charge < -0.3 is 5.73 Å². The Morgan fingerprint density at radius 3 is 2.70 bits per heavy atom. The fourth-order valence-electron chi connectivity index (χ4n) is 1.96. The van der Waals surface area contributed by atoms with E-state index in [0.717, 1.165) is 17.1 Å². The summed E-state index contributed by atoms with van der Waals surface area (Å²) in [5.74, 6) is 0.731. The van der Waals surface area contributed by atoms with E-state index in [9.17, 15) is 0 Å². The fourth-order valence-corrected chi connectivity index (χ4v) is 2.46. The molecule has 3 rings (SSSR count). The van der Waals surface area contributed by atoms with Gasteiger partial charge in [-0.15, -0.1) is 10.2 Å². The van der Waals surface area contributed by atoms with Gasteiger partial charge in [0.25, 0.3) is 0 Å². The zero-order valence-electron chi connectivity index (χ0n) is 10.4. The first kappa shape index (κ1) is 13.3. The number of rotatable bonds is 3.